The average Bonchev–Trinajstić information content (AvgIpc) is 1.82. The van der Waals surface area contributed by atoms with E-state index in [1.165, 1.54) is 6.92 Å². The second-order valence-electron chi connectivity index (χ2n) is 2.96. The van der Waals surface area contributed by atoms with Crippen LogP contribution in [-0.2, 0) is 4.74 Å². The first kappa shape index (κ1) is 7.88. The van der Waals surface area contributed by atoms with Gasteiger partial charge in [0.05, 0.1) is 25.2 Å². The number of alkyl halides is 2. The lowest BCUT2D eigenvalue weighted by molar-refractivity contribution is -0.228. The van der Waals surface area contributed by atoms with Gasteiger partial charge in [-0.25, -0.2) is 8.78 Å². The second kappa shape index (κ2) is 2.13. The maximum atomic E-state index is 12.8. The third kappa shape index (κ3) is 0.914. The lowest BCUT2D eigenvalue weighted by atomic mass is 9.81. The fourth-order valence-corrected chi connectivity index (χ4v) is 0.866. The van der Waals surface area contributed by atoms with Crippen LogP contribution in [0.3, 0.4) is 0 Å². The van der Waals surface area contributed by atoms with Gasteiger partial charge in [-0.3, -0.25) is 0 Å². The Morgan fingerprint density at radius 1 is 1.60 bits per heavy atom. The topological polar surface area (TPSA) is 35.2 Å². The molecule has 2 nitrogen and oxygen atoms in total. The standard InChI is InChI=1S/C6H11F2NO/c1-5(3-10-4-5)6(7,8)2-9/h2-4,9H2,1H3. The van der Waals surface area contributed by atoms with Crippen LogP contribution >= 0.6 is 0 Å². The van der Waals surface area contributed by atoms with Gasteiger partial charge in [-0.05, 0) is 6.92 Å². The summed E-state index contributed by atoms with van der Waals surface area (Å²) in [5, 5.41) is 0. The van der Waals surface area contributed by atoms with E-state index in [1.807, 2.05) is 0 Å². The quantitative estimate of drug-likeness (QED) is 0.627. The third-order valence-corrected chi connectivity index (χ3v) is 1.98. The Kier molecular flexibility index (Phi) is 1.68. The van der Waals surface area contributed by atoms with Crippen LogP contribution in [0.25, 0.3) is 0 Å². The molecule has 0 bridgehead atoms. The molecule has 0 saturated carbocycles. The van der Waals surface area contributed by atoms with Crippen LogP contribution in [0.2, 0.25) is 0 Å². The first-order valence-corrected chi connectivity index (χ1v) is 3.17. The molecule has 1 aliphatic rings. The summed E-state index contributed by atoms with van der Waals surface area (Å²) in [5.74, 6) is -2.77. The Balaban J connectivity index is 2.61. The van der Waals surface area contributed by atoms with Crippen molar-refractivity contribution in [1.29, 1.82) is 0 Å². The summed E-state index contributed by atoms with van der Waals surface area (Å²) in [5.41, 5.74) is 3.88. The molecule has 1 rings (SSSR count). The average molecular weight is 151 g/mol. The van der Waals surface area contributed by atoms with Gasteiger partial charge in [0.2, 0.25) is 0 Å². The smallest absolute Gasteiger partial charge is 0.269 e. The van der Waals surface area contributed by atoms with Crippen LogP contribution in [0, 0.1) is 5.41 Å². The number of ether oxygens (including phenoxy) is 1. The van der Waals surface area contributed by atoms with Gasteiger partial charge in [-0.2, -0.15) is 0 Å². The Bertz CT molecular complexity index is 124. The third-order valence-electron chi connectivity index (χ3n) is 1.98. The fourth-order valence-electron chi connectivity index (χ4n) is 0.866. The lowest BCUT2D eigenvalue weighted by Gasteiger charge is -2.43. The summed E-state index contributed by atoms with van der Waals surface area (Å²) in [6, 6.07) is 0. The molecular weight excluding hydrogens is 140 g/mol. The molecule has 1 aliphatic heterocycles. The second-order valence-corrected chi connectivity index (χ2v) is 2.96. The first-order valence-electron chi connectivity index (χ1n) is 3.17. The first-order chi connectivity index (χ1) is 4.52. The Labute approximate surface area is 58.3 Å². The van der Waals surface area contributed by atoms with Gasteiger partial charge < -0.3 is 10.5 Å². The molecular formula is C6H11F2NO. The molecule has 0 aliphatic carbocycles. The molecule has 1 fully saturated rings. The highest BCUT2D eigenvalue weighted by Crippen LogP contribution is 2.41. The van der Waals surface area contributed by atoms with Gasteiger partial charge in [-0.1, -0.05) is 0 Å². The summed E-state index contributed by atoms with van der Waals surface area (Å²) in [6.45, 7) is 1.14. The van der Waals surface area contributed by atoms with Crippen LogP contribution in [0.1, 0.15) is 6.92 Å². The number of hydrogen-bond acceptors (Lipinski definition) is 2. The molecule has 0 atom stereocenters. The van der Waals surface area contributed by atoms with Gasteiger partial charge in [0, 0.05) is 0 Å². The molecule has 1 saturated heterocycles. The van der Waals surface area contributed by atoms with Crippen molar-refractivity contribution in [3.05, 3.63) is 0 Å². The van der Waals surface area contributed by atoms with E-state index in [1.54, 1.807) is 0 Å². The largest absolute Gasteiger partial charge is 0.380 e. The van der Waals surface area contributed by atoms with Gasteiger partial charge in [0.1, 0.15) is 0 Å². The van der Waals surface area contributed by atoms with Gasteiger partial charge in [-0.15, -0.1) is 0 Å². The van der Waals surface area contributed by atoms with Gasteiger partial charge in [0.25, 0.3) is 5.92 Å². The van der Waals surface area contributed by atoms with Crippen molar-refractivity contribution < 1.29 is 13.5 Å². The van der Waals surface area contributed by atoms with E-state index in [-0.39, 0.29) is 13.2 Å². The molecule has 10 heavy (non-hydrogen) atoms. The minimum atomic E-state index is -2.77. The zero-order valence-electron chi connectivity index (χ0n) is 5.86. The van der Waals surface area contributed by atoms with E-state index >= 15 is 0 Å². The van der Waals surface area contributed by atoms with Crippen molar-refractivity contribution in [3.8, 4) is 0 Å². The minimum Gasteiger partial charge on any atom is -0.380 e. The Morgan fingerprint density at radius 3 is 2.20 bits per heavy atom. The zero-order chi connectivity index (χ0) is 7.83. The molecule has 0 unspecified atom stereocenters. The van der Waals surface area contributed by atoms with Crippen LogP contribution < -0.4 is 5.73 Å². The molecule has 60 valence electrons. The van der Waals surface area contributed by atoms with E-state index in [4.69, 9.17) is 10.5 Å². The summed E-state index contributed by atoms with van der Waals surface area (Å²) < 4.78 is 30.2. The van der Waals surface area contributed by atoms with Crippen molar-refractivity contribution in [3.63, 3.8) is 0 Å². The number of hydrogen-bond donors (Lipinski definition) is 1. The maximum absolute atomic E-state index is 12.8. The molecule has 2 N–H and O–H groups in total. The Morgan fingerprint density at radius 2 is 2.10 bits per heavy atom. The molecule has 1 heterocycles. The van der Waals surface area contributed by atoms with Crippen LogP contribution in [0.15, 0.2) is 0 Å². The van der Waals surface area contributed by atoms with Crippen molar-refractivity contribution in [2.24, 2.45) is 11.1 Å². The van der Waals surface area contributed by atoms with E-state index in [0.29, 0.717) is 0 Å². The van der Waals surface area contributed by atoms with E-state index in [0.717, 1.165) is 0 Å². The van der Waals surface area contributed by atoms with Crippen molar-refractivity contribution >= 4 is 0 Å². The van der Waals surface area contributed by atoms with Gasteiger partial charge >= 0.3 is 0 Å². The fraction of sp³-hybridized carbons (Fsp3) is 1.00. The summed E-state index contributed by atoms with van der Waals surface area (Å²) in [4.78, 5) is 0. The predicted molar refractivity (Wildman–Crippen MR) is 32.9 cm³/mol. The van der Waals surface area contributed by atoms with E-state index < -0.39 is 17.9 Å². The van der Waals surface area contributed by atoms with E-state index in [9.17, 15) is 8.78 Å². The molecule has 0 radical (unpaired) electrons. The molecule has 0 aromatic rings. The summed E-state index contributed by atoms with van der Waals surface area (Å²) >= 11 is 0. The van der Waals surface area contributed by atoms with Crippen LogP contribution in [0.5, 0.6) is 0 Å². The molecule has 0 spiro atoms. The van der Waals surface area contributed by atoms with E-state index in [2.05, 4.69) is 0 Å². The van der Waals surface area contributed by atoms with Crippen molar-refractivity contribution in [1.82, 2.24) is 0 Å². The normalized spacial score (nSPS) is 24.0. The highest BCUT2D eigenvalue weighted by Gasteiger charge is 2.54. The number of nitrogens with two attached hydrogens (primary N) is 1. The SMILES string of the molecule is CC1(C(F)(F)CN)COC1. The van der Waals surface area contributed by atoms with Gasteiger partial charge in [0.15, 0.2) is 0 Å². The molecule has 4 heteroatoms. The van der Waals surface area contributed by atoms with Crippen molar-refractivity contribution in [2.75, 3.05) is 19.8 Å². The highest BCUT2D eigenvalue weighted by atomic mass is 19.3. The predicted octanol–water partition coefficient (Wildman–Crippen LogP) is 0.617. The highest BCUT2D eigenvalue weighted by molar-refractivity contribution is 4.94. The number of halogens is 2. The van der Waals surface area contributed by atoms with Crippen molar-refractivity contribution in [2.45, 2.75) is 12.8 Å². The molecule has 0 amide bonds. The summed E-state index contributed by atoms with van der Waals surface area (Å²) in [7, 11) is 0. The Hall–Kier alpha value is -0.220. The summed E-state index contributed by atoms with van der Waals surface area (Å²) in [6.07, 6.45) is 0. The number of rotatable bonds is 2. The molecule has 0 aromatic heterocycles. The van der Waals surface area contributed by atoms with Crippen LogP contribution in [-0.4, -0.2) is 25.7 Å². The zero-order valence-corrected chi connectivity index (χ0v) is 5.86. The lowest BCUT2D eigenvalue weighted by Crippen LogP contribution is -2.56. The molecule has 0 aromatic carbocycles. The van der Waals surface area contributed by atoms with Crippen LogP contribution in [0.4, 0.5) is 8.78 Å². The minimum absolute atomic E-state index is 0.122. The monoisotopic (exact) mass is 151 g/mol. The maximum Gasteiger partial charge on any atom is 0.269 e.